The van der Waals surface area contributed by atoms with E-state index in [9.17, 15) is 9.90 Å². The number of carbonyl (C=O) groups is 1. The predicted molar refractivity (Wildman–Crippen MR) is 140 cm³/mol. The van der Waals surface area contributed by atoms with E-state index in [1.165, 1.54) is 6.20 Å². The Morgan fingerprint density at radius 2 is 1.97 bits per heavy atom. The van der Waals surface area contributed by atoms with Gasteiger partial charge < -0.3 is 19.3 Å². The third-order valence-corrected chi connectivity index (χ3v) is 6.95. The van der Waals surface area contributed by atoms with E-state index in [4.69, 9.17) is 9.72 Å². The van der Waals surface area contributed by atoms with Gasteiger partial charge in [0.15, 0.2) is 5.65 Å². The van der Waals surface area contributed by atoms with Gasteiger partial charge in [-0.25, -0.2) is 14.8 Å². The number of aliphatic hydroxyl groups is 1. The van der Waals surface area contributed by atoms with Crippen molar-refractivity contribution in [3.63, 3.8) is 0 Å². The van der Waals surface area contributed by atoms with Crippen LogP contribution in [0.2, 0.25) is 0 Å². The van der Waals surface area contributed by atoms with Gasteiger partial charge in [-0.1, -0.05) is 30.3 Å². The topological polar surface area (TPSA) is 97.8 Å². The Morgan fingerprint density at radius 1 is 1.16 bits per heavy atom. The molecule has 1 saturated carbocycles. The molecule has 0 amide bonds. The van der Waals surface area contributed by atoms with Crippen molar-refractivity contribution in [1.82, 2.24) is 24.1 Å². The minimum Gasteiger partial charge on any atom is -0.462 e. The van der Waals surface area contributed by atoms with Crippen molar-refractivity contribution in [2.24, 2.45) is 0 Å². The number of rotatable bonds is 7. The molecule has 4 aromatic heterocycles. The Morgan fingerprint density at radius 3 is 2.73 bits per heavy atom. The van der Waals surface area contributed by atoms with E-state index in [-0.39, 0.29) is 18.8 Å². The summed E-state index contributed by atoms with van der Waals surface area (Å²) in [6.07, 6.45) is 6.49. The van der Waals surface area contributed by atoms with Gasteiger partial charge in [-0.05, 0) is 37.5 Å². The van der Waals surface area contributed by atoms with Crippen LogP contribution in [0.4, 0.5) is 5.82 Å². The molecule has 5 aromatic rings. The molecule has 1 N–H and O–H groups in total. The first-order valence-corrected chi connectivity index (χ1v) is 12.5. The van der Waals surface area contributed by atoms with Gasteiger partial charge in [0.25, 0.3) is 0 Å². The third-order valence-electron chi connectivity index (χ3n) is 6.95. The number of pyridine rings is 1. The lowest BCUT2D eigenvalue weighted by molar-refractivity contribution is 0.0500. The van der Waals surface area contributed by atoms with Crippen molar-refractivity contribution in [3.05, 3.63) is 78.2 Å². The number of ether oxygens (including phenoxy) is 1. The second kappa shape index (κ2) is 9.33. The van der Waals surface area contributed by atoms with Crippen LogP contribution in [0, 0.1) is 0 Å². The fourth-order valence-electron chi connectivity index (χ4n) is 5.00. The number of carbonyl (C=O) groups excluding carboxylic acids is 1. The summed E-state index contributed by atoms with van der Waals surface area (Å²) < 4.78 is 9.12. The summed E-state index contributed by atoms with van der Waals surface area (Å²) in [5.41, 5.74) is 4.40. The Hall–Kier alpha value is -4.24. The van der Waals surface area contributed by atoms with Crippen molar-refractivity contribution in [3.8, 4) is 11.3 Å². The first-order valence-electron chi connectivity index (χ1n) is 12.5. The smallest absolute Gasteiger partial charge is 0.343 e. The zero-order chi connectivity index (χ0) is 25.5. The molecule has 9 nitrogen and oxygen atoms in total. The van der Waals surface area contributed by atoms with Gasteiger partial charge in [0.05, 0.1) is 24.6 Å². The molecule has 1 aromatic carbocycles. The van der Waals surface area contributed by atoms with Gasteiger partial charge in [-0.3, -0.25) is 0 Å². The zero-order valence-corrected chi connectivity index (χ0v) is 20.8. The summed E-state index contributed by atoms with van der Waals surface area (Å²) in [5.74, 6) is 0.342. The maximum atomic E-state index is 12.8. The number of esters is 1. The largest absolute Gasteiger partial charge is 0.462 e. The summed E-state index contributed by atoms with van der Waals surface area (Å²) in [6, 6.07) is 16.3. The first-order chi connectivity index (χ1) is 18.0. The van der Waals surface area contributed by atoms with Crippen molar-refractivity contribution >= 4 is 28.5 Å². The summed E-state index contributed by atoms with van der Waals surface area (Å²) in [7, 11) is 2.00. The molecular formula is C28H28N6O3. The monoisotopic (exact) mass is 496 g/mol. The molecule has 0 aliphatic heterocycles. The number of anilines is 1. The average molecular weight is 497 g/mol. The van der Waals surface area contributed by atoms with E-state index in [0.717, 1.165) is 28.0 Å². The molecule has 1 aliphatic rings. The molecule has 0 saturated heterocycles. The van der Waals surface area contributed by atoms with Crippen LogP contribution in [0.15, 0.2) is 67.1 Å². The Labute approximate surface area is 213 Å². The van der Waals surface area contributed by atoms with Gasteiger partial charge in [-0.2, -0.15) is 9.61 Å². The molecule has 0 spiro atoms. The van der Waals surface area contributed by atoms with E-state index >= 15 is 0 Å². The summed E-state index contributed by atoms with van der Waals surface area (Å²) >= 11 is 0. The maximum Gasteiger partial charge on any atom is 0.343 e. The lowest BCUT2D eigenvalue weighted by Gasteiger charge is -2.32. The lowest BCUT2D eigenvalue weighted by atomic mass is 9.89. The normalized spacial score (nSPS) is 17.2. The highest BCUT2D eigenvalue weighted by atomic mass is 16.5. The Bertz CT molecular complexity index is 1590. The van der Waals surface area contributed by atoms with E-state index in [0.29, 0.717) is 36.3 Å². The molecular weight excluding hydrogens is 468 g/mol. The van der Waals surface area contributed by atoms with Crippen LogP contribution in [-0.4, -0.2) is 55.0 Å². The molecule has 0 bridgehead atoms. The van der Waals surface area contributed by atoms with Gasteiger partial charge in [-0.15, -0.1) is 0 Å². The van der Waals surface area contributed by atoms with Gasteiger partial charge in [0.2, 0.25) is 0 Å². The van der Waals surface area contributed by atoms with E-state index in [1.54, 1.807) is 17.6 Å². The Balaban J connectivity index is 1.52. The lowest BCUT2D eigenvalue weighted by Crippen LogP contribution is -2.30. The van der Waals surface area contributed by atoms with E-state index in [2.05, 4.69) is 37.9 Å². The van der Waals surface area contributed by atoms with Gasteiger partial charge >= 0.3 is 5.97 Å². The minimum absolute atomic E-state index is 0.190. The highest BCUT2D eigenvalue weighted by Crippen LogP contribution is 2.39. The molecule has 9 heteroatoms. The van der Waals surface area contributed by atoms with E-state index < -0.39 is 5.97 Å². The van der Waals surface area contributed by atoms with Crippen LogP contribution in [0.25, 0.3) is 27.9 Å². The molecule has 0 unspecified atom stereocenters. The molecule has 6 rings (SSSR count). The second-order valence-electron chi connectivity index (χ2n) is 9.46. The van der Waals surface area contributed by atoms with Crippen LogP contribution >= 0.6 is 0 Å². The van der Waals surface area contributed by atoms with Crippen LogP contribution in [-0.2, 0) is 11.3 Å². The number of fused-ring (bicyclic) bond motifs is 2. The molecule has 37 heavy (non-hydrogen) atoms. The number of benzene rings is 1. The van der Waals surface area contributed by atoms with Crippen LogP contribution in [0.1, 0.15) is 41.7 Å². The van der Waals surface area contributed by atoms with Crippen molar-refractivity contribution in [2.45, 2.75) is 38.5 Å². The molecule has 4 heterocycles. The predicted octanol–water partition coefficient (Wildman–Crippen LogP) is 4.25. The Kier molecular flexibility index (Phi) is 5.84. The number of nitrogens with zero attached hydrogens (tertiary/aromatic N) is 6. The zero-order valence-electron chi connectivity index (χ0n) is 20.8. The highest BCUT2D eigenvalue weighted by Gasteiger charge is 2.31. The van der Waals surface area contributed by atoms with E-state index in [1.807, 2.05) is 43.4 Å². The standard InChI is InChI=1S/C28H28N6O3/c1-3-37-28(36)22-15-30-34-25(32(2)16-18-8-5-4-6-9-18)14-24(31-27(22)34)23-17-33(19-12-20(35)13-19)26-21(23)10-7-11-29-26/h4-11,14-15,17,19-20,35H,3,12-13,16H2,1-2H3/t19-,20+. The maximum absolute atomic E-state index is 12.8. The van der Waals surface area contributed by atoms with Crippen molar-refractivity contribution in [2.75, 3.05) is 18.6 Å². The minimum atomic E-state index is -0.452. The van der Waals surface area contributed by atoms with Crippen LogP contribution in [0.3, 0.4) is 0 Å². The number of aliphatic hydroxyl groups excluding tert-OH is 1. The van der Waals surface area contributed by atoms with Gasteiger partial charge in [0.1, 0.15) is 17.0 Å². The average Bonchev–Trinajstić information content (AvgIpc) is 3.49. The molecule has 1 aliphatic carbocycles. The molecule has 0 radical (unpaired) electrons. The first kappa shape index (κ1) is 23.2. The number of hydrogen-bond donors (Lipinski definition) is 1. The van der Waals surface area contributed by atoms with Crippen LogP contribution < -0.4 is 4.90 Å². The molecule has 0 atom stereocenters. The van der Waals surface area contributed by atoms with Crippen molar-refractivity contribution < 1.29 is 14.6 Å². The molecule has 1 fully saturated rings. The van der Waals surface area contributed by atoms with Gasteiger partial charge in [0, 0.05) is 49.0 Å². The quantitative estimate of drug-likeness (QED) is 0.336. The van der Waals surface area contributed by atoms with Crippen molar-refractivity contribution in [1.29, 1.82) is 0 Å². The highest BCUT2D eigenvalue weighted by molar-refractivity contribution is 5.98. The summed E-state index contributed by atoms with van der Waals surface area (Å²) in [4.78, 5) is 24.4. The fraction of sp³-hybridized carbons (Fsp3) is 0.286. The third kappa shape index (κ3) is 4.11. The molecule has 188 valence electrons. The second-order valence-corrected chi connectivity index (χ2v) is 9.46. The number of hydrogen-bond acceptors (Lipinski definition) is 7. The number of aromatic nitrogens is 5. The fourth-order valence-corrected chi connectivity index (χ4v) is 5.00. The summed E-state index contributed by atoms with van der Waals surface area (Å²) in [5, 5.41) is 15.4. The summed E-state index contributed by atoms with van der Waals surface area (Å²) in [6.45, 7) is 2.70. The SMILES string of the molecule is CCOC(=O)c1cnn2c(N(C)Cc3ccccc3)cc(-c3cn([C@H]4C[C@@H](O)C4)c4ncccc34)nc12. The van der Waals surface area contributed by atoms with Crippen LogP contribution in [0.5, 0.6) is 0 Å².